The molecule has 0 radical (unpaired) electrons. The summed E-state index contributed by atoms with van der Waals surface area (Å²) in [5.41, 5.74) is 4.08. The van der Waals surface area contributed by atoms with Crippen LogP contribution in [-0.2, 0) is 6.54 Å². The summed E-state index contributed by atoms with van der Waals surface area (Å²) in [5.74, 6) is 0. The third kappa shape index (κ3) is 9.48. The van der Waals surface area contributed by atoms with E-state index in [4.69, 9.17) is 0 Å². The molecule has 1 aliphatic rings. The second-order valence-electron chi connectivity index (χ2n) is 10.4. The molecule has 0 aliphatic carbocycles. The van der Waals surface area contributed by atoms with Crippen molar-refractivity contribution in [2.45, 2.75) is 44.4 Å². The van der Waals surface area contributed by atoms with Crippen molar-refractivity contribution in [1.29, 1.82) is 0 Å². The predicted octanol–water partition coefficient (Wildman–Crippen LogP) is 4.58. The van der Waals surface area contributed by atoms with Gasteiger partial charge >= 0.3 is 6.03 Å². The van der Waals surface area contributed by atoms with Crippen molar-refractivity contribution < 1.29 is 15.0 Å². The van der Waals surface area contributed by atoms with Gasteiger partial charge in [-0.15, -0.1) is 0 Å². The number of likely N-dealkylation sites (tertiary alicyclic amines) is 1. The minimum absolute atomic E-state index is 0.107. The zero-order chi connectivity index (χ0) is 27.3. The number of carbonyl (C=O) groups is 1. The zero-order valence-electron chi connectivity index (χ0n) is 22.7. The molecule has 2 amide bonds. The zero-order valence-corrected chi connectivity index (χ0v) is 22.7. The van der Waals surface area contributed by atoms with Gasteiger partial charge in [0.25, 0.3) is 0 Å². The van der Waals surface area contributed by atoms with Crippen LogP contribution < -0.4 is 10.6 Å². The number of piperidine rings is 1. The first-order chi connectivity index (χ1) is 19.1. The number of unbranched alkanes of at least 4 members (excludes halogenated alkanes) is 1. The number of aliphatic hydroxyl groups is 2. The van der Waals surface area contributed by atoms with Gasteiger partial charge in [-0.1, -0.05) is 78.9 Å². The van der Waals surface area contributed by atoms with Gasteiger partial charge in [0.1, 0.15) is 0 Å². The Balaban J connectivity index is 1.22. The fourth-order valence-corrected chi connectivity index (χ4v) is 5.24. The number of urea groups is 1. The highest BCUT2D eigenvalue weighted by Crippen LogP contribution is 2.27. The van der Waals surface area contributed by atoms with Crippen LogP contribution in [0.15, 0.2) is 84.9 Å². The number of β-amino-alcohol motifs (C(OH)–C–C–N with tert-alkyl or cyclic N) is 1. The SMILES string of the molecule is O=C(Nc1ccccc1-c1ccccc1)NC1CCN(CC(O)CN(CCCCO)Cc2ccccc2)CC1. The van der Waals surface area contributed by atoms with E-state index in [-0.39, 0.29) is 18.7 Å². The molecular formula is C32H42N4O3. The fourth-order valence-electron chi connectivity index (χ4n) is 5.24. The second-order valence-corrected chi connectivity index (χ2v) is 10.4. The molecule has 3 aromatic rings. The first-order valence-electron chi connectivity index (χ1n) is 14.1. The lowest BCUT2D eigenvalue weighted by Crippen LogP contribution is -2.48. The third-order valence-electron chi connectivity index (χ3n) is 7.25. The van der Waals surface area contributed by atoms with Crippen LogP contribution in [0.25, 0.3) is 11.1 Å². The number of rotatable bonds is 13. The van der Waals surface area contributed by atoms with Crippen molar-refractivity contribution in [2.75, 3.05) is 44.6 Å². The van der Waals surface area contributed by atoms with Crippen LogP contribution >= 0.6 is 0 Å². The van der Waals surface area contributed by atoms with Crippen LogP contribution in [0.3, 0.4) is 0 Å². The minimum atomic E-state index is -0.454. The van der Waals surface area contributed by atoms with Gasteiger partial charge in [-0.3, -0.25) is 4.90 Å². The average molecular weight is 531 g/mol. The molecule has 1 aliphatic heterocycles. The number of nitrogens with one attached hydrogen (secondary N) is 2. The number of aliphatic hydroxyl groups excluding tert-OH is 2. The van der Waals surface area contributed by atoms with Crippen molar-refractivity contribution in [1.82, 2.24) is 15.1 Å². The summed E-state index contributed by atoms with van der Waals surface area (Å²) in [4.78, 5) is 17.4. The molecule has 7 heteroatoms. The van der Waals surface area contributed by atoms with Crippen molar-refractivity contribution in [3.8, 4) is 11.1 Å². The highest BCUT2D eigenvalue weighted by Gasteiger charge is 2.23. The number of benzene rings is 3. The fraction of sp³-hybridized carbons (Fsp3) is 0.406. The predicted molar refractivity (Wildman–Crippen MR) is 158 cm³/mol. The summed E-state index contributed by atoms with van der Waals surface area (Å²) in [6.07, 6.45) is 2.93. The molecule has 1 heterocycles. The second kappa shape index (κ2) is 15.4. The van der Waals surface area contributed by atoms with Crippen LogP contribution in [0.1, 0.15) is 31.2 Å². The van der Waals surface area contributed by atoms with Crippen molar-refractivity contribution in [3.63, 3.8) is 0 Å². The third-order valence-corrected chi connectivity index (χ3v) is 7.25. The first-order valence-corrected chi connectivity index (χ1v) is 14.1. The van der Waals surface area contributed by atoms with Crippen molar-refractivity contribution in [2.24, 2.45) is 0 Å². The molecule has 0 bridgehead atoms. The Bertz CT molecular complexity index is 1120. The molecule has 1 fully saturated rings. The molecular weight excluding hydrogens is 488 g/mol. The Labute approximate surface area is 232 Å². The van der Waals surface area contributed by atoms with E-state index in [2.05, 4.69) is 32.6 Å². The molecule has 0 spiro atoms. The Kier molecular flexibility index (Phi) is 11.3. The van der Waals surface area contributed by atoms with Crippen LogP contribution in [-0.4, -0.2) is 77.5 Å². The Morgan fingerprint density at radius 3 is 2.31 bits per heavy atom. The van der Waals surface area contributed by atoms with Crippen LogP contribution in [0.5, 0.6) is 0 Å². The van der Waals surface area contributed by atoms with Gasteiger partial charge in [-0.05, 0) is 49.4 Å². The summed E-state index contributed by atoms with van der Waals surface area (Å²) >= 11 is 0. The van der Waals surface area contributed by atoms with Crippen molar-refractivity contribution in [3.05, 3.63) is 90.5 Å². The van der Waals surface area contributed by atoms with Gasteiger partial charge < -0.3 is 25.7 Å². The lowest BCUT2D eigenvalue weighted by molar-refractivity contribution is 0.0603. The number of amides is 2. The standard InChI is InChI=1S/C32H42N4O3/c37-22-10-9-19-36(23-26-11-3-1-4-12-26)25-29(38)24-35-20-17-28(18-21-35)33-32(39)34-31-16-8-7-15-30(31)27-13-5-2-6-14-27/h1-8,11-16,28-29,37-38H,9-10,17-25H2,(H2,33,34,39). The molecule has 4 N–H and O–H groups in total. The highest BCUT2D eigenvalue weighted by molar-refractivity contribution is 5.94. The van der Waals surface area contributed by atoms with Crippen LogP contribution in [0.2, 0.25) is 0 Å². The van der Waals surface area contributed by atoms with Gasteiger partial charge in [0.2, 0.25) is 0 Å². The Morgan fingerprint density at radius 2 is 1.59 bits per heavy atom. The molecule has 1 unspecified atom stereocenters. The highest BCUT2D eigenvalue weighted by atomic mass is 16.3. The van der Waals surface area contributed by atoms with Crippen LogP contribution in [0, 0.1) is 0 Å². The smallest absolute Gasteiger partial charge is 0.319 e. The Morgan fingerprint density at radius 1 is 0.923 bits per heavy atom. The molecule has 4 rings (SSSR count). The molecule has 3 aromatic carbocycles. The number of para-hydroxylation sites is 1. The van der Waals surface area contributed by atoms with E-state index in [1.54, 1.807) is 0 Å². The lowest BCUT2D eigenvalue weighted by Gasteiger charge is -2.34. The van der Waals surface area contributed by atoms with E-state index < -0.39 is 6.10 Å². The number of carbonyl (C=O) groups excluding carboxylic acids is 1. The number of nitrogens with zero attached hydrogens (tertiary/aromatic N) is 2. The summed E-state index contributed by atoms with van der Waals surface area (Å²) in [5, 5.41) is 26.2. The maximum Gasteiger partial charge on any atom is 0.319 e. The molecule has 208 valence electrons. The molecule has 1 saturated heterocycles. The summed E-state index contributed by atoms with van der Waals surface area (Å²) < 4.78 is 0. The van der Waals surface area contributed by atoms with E-state index in [1.165, 1.54) is 5.56 Å². The van der Waals surface area contributed by atoms with Crippen LogP contribution in [0.4, 0.5) is 10.5 Å². The minimum Gasteiger partial charge on any atom is -0.396 e. The van der Waals surface area contributed by atoms with E-state index >= 15 is 0 Å². The quantitative estimate of drug-likeness (QED) is 0.243. The average Bonchev–Trinajstić information content (AvgIpc) is 2.95. The number of anilines is 1. The summed E-state index contributed by atoms with van der Waals surface area (Å²) in [6.45, 7) is 4.73. The van der Waals surface area contributed by atoms with Gasteiger partial charge in [-0.2, -0.15) is 0 Å². The molecule has 39 heavy (non-hydrogen) atoms. The van der Waals surface area contributed by atoms with E-state index in [0.29, 0.717) is 13.1 Å². The molecule has 0 saturated carbocycles. The first kappa shape index (κ1) is 28.8. The number of hydrogen-bond donors (Lipinski definition) is 4. The molecule has 1 atom stereocenters. The van der Waals surface area contributed by atoms with Gasteiger partial charge in [0.15, 0.2) is 0 Å². The van der Waals surface area contributed by atoms with E-state index in [1.807, 2.05) is 72.8 Å². The molecule has 0 aromatic heterocycles. The summed E-state index contributed by atoms with van der Waals surface area (Å²) in [7, 11) is 0. The van der Waals surface area contributed by atoms with Gasteiger partial charge in [0.05, 0.1) is 11.8 Å². The maximum atomic E-state index is 12.8. The van der Waals surface area contributed by atoms with E-state index in [0.717, 1.165) is 68.7 Å². The van der Waals surface area contributed by atoms with Gasteiger partial charge in [0, 0.05) is 50.9 Å². The number of hydrogen-bond acceptors (Lipinski definition) is 5. The topological polar surface area (TPSA) is 88.1 Å². The maximum absolute atomic E-state index is 12.8. The van der Waals surface area contributed by atoms with Gasteiger partial charge in [-0.25, -0.2) is 4.79 Å². The summed E-state index contributed by atoms with van der Waals surface area (Å²) in [6, 6.07) is 28.1. The lowest BCUT2D eigenvalue weighted by atomic mass is 10.0. The Hall–Kier alpha value is -3.23. The van der Waals surface area contributed by atoms with Crippen molar-refractivity contribution >= 4 is 11.7 Å². The molecule has 7 nitrogen and oxygen atoms in total. The largest absolute Gasteiger partial charge is 0.396 e. The monoisotopic (exact) mass is 530 g/mol. The normalized spacial score (nSPS) is 15.3. The van der Waals surface area contributed by atoms with E-state index in [9.17, 15) is 15.0 Å².